The molecule has 2 N–H and O–H groups in total. The Hall–Kier alpha value is -0.680. The van der Waals surface area contributed by atoms with E-state index in [2.05, 4.69) is 25.9 Å². The lowest BCUT2D eigenvalue weighted by Crippen LogP contribution is -2.11. The molecule has 1 aromatic rings. The van der Waals surface area contributed by atoms with E-state index in [9.17, 15) is 0 Å². The van der Waals surface area contributed by atoms with Gasteiger partial charge in [-0.3, -0.25) is 0 Å². The SMILES string of the molecule is COCC(C)c1nc(N)c(Br)c(C2CC2)n1. The highest BCUT2D eigenvalue weighted by Gasteiger charge is 2.29. The molecule has 1 atom stereocenters. The van der Waals surface area contributed by atoms with Gasteiger partial charge in [-0.05, 0) is 28.8 Å². The minimum absolute atomic E-state index is 0.179. The average molecular weight is 286 g/mol. The predicted molar refractivity (Wildman–Crippen MR) is 66.4 cm³/mol. The molecule has 2 rings (SSSR count). The fraction of sp³-hybridized carbons (Fsp3) is 0.636. The van der Waals surface area contributed by atoms with Gasteiger partial charge in [0.1, 0.15) is 11.6 Å². The van der Waals surface area contributed by atoms with E-state index in [-0.39, 0.29) is 5.92 Å². The third-order valence-electron chi connectivity index (χ3n) is 2.74. The van der Waals surface area contributed by atoms with Crippen molar-refractivity contribution in [2.24, 2.45) is 0 Å². The predicted octanol–water partition coefficient (Wildman–Crippen LogP) is 2.45. The molecule has 1 aromatic heterocycles. The number of anilines is 1. The molecule has 1 fully saturated rings. The number of hydrogen-bond donors (Lipinski definition) is 1. The fourth-order valence-corrected chi connectivity index (χ4v) is 2.17. The summed E-state index contributed by atoms with van der Waals surface area (Å²) in [6.45, 7) is 2.66. The summed E-state index contributed by atoms with van der Waals surface area (Å²) in [7, 11) is 1.68. The summed E-state index contributed by atoms with van der Waals surface area (Å²) < 4.78 is 5.98. The summed E-state index contributed by atoms with van der Waals surface area (Å²) >= 11 is 3.46. The van der Waals surface area contributed by atoms with Gasteiger partial charge in [-0.2, -0.15) is 0 Å². The van der Waals surface area contributed by atoms with Crippen LogP contribution < -0.4 is 5.73 Å². The molecule has 5 heteroatoms. The molecule has 0 bridgehead atoms. The first-order valence-electron chi connectivity index (χ1n) is 5.45. The third-order valence-corrected chi connectivity index (χ3v) is 3.55. The average Bonchev–Trinajstić information content (AvgIpc) is 3.06. The molecule has 0 amide bonds. The number of hydrogen-bond acceptors (Lipinski definition) is 4. The Balaban J connectivity index is 2.32. The second-order valence-corrected chi connectivity index (χ2v) is 5.09. The van der Waals surface area contributed by atoms with Gasteiger partial charge < -0.3 is 10.5 Å². The van der Waals surface area contributed by atoms with Crippen LogP contribution >= 0.6 is 15.9 Å². The Kier molecular flexibility index (Phi) is 3.44. The Morgan fingerprint density at radius 3 is 2.75 bits per heavy atom. The van der Waals surface area contributed by atoms with Crippen molar-refractivity contribution in [2.45, 2.75) is 31.6 Å². The second-order valence-electron chi connectivity index (χ2n) is 4.30. The molecule has 88 valence electrons. The summed E-state index contributed by atoms with van der Waals surface area (Å²) in [5, 5.41) is 0. The molecule has 1 unspecified atom stereocenters. The first-order valence-corrected chi connectivity index (χ1v) is 6.24. The lowest BCUT2D eigenvalue weighted by atomic mass is 10.1. The number of rotatable bonds is 4. The summed E-state index contributed by atoms with van der Waals surface area (Å²) in [5.41, 5.74) is 6.94. The molecule has 4 nitrogen and oxygen atoms in total. The highest BCUT2D eigenvalue weighted by molar-refractivity contribution is 9.10. The van der Waals surface area contributed by atoms with Crippen molar-refractivity contribution >= 4 is 21.7 Å². The first-order chi connectivity index (χ1) is 7.63. The normalized spacial score (nSPS) is 17.4. The van der Waals surface area contributed by atoms with Crippen molar-refractivity contribution in [2.75, 3.05) is 19.5 Å². The summed E-state index contributed by atoms with van der Waals surface area (Å²) in [6.07, 6.45) is 2.40. The molecular weight excluding hydrogens is 270 g/mol. The Morgan fingerprint density at radius 1 is 1.50 bits per heavy atom. The Labute approximate surface area is 104 Å². The van der Waals surface area contributed by atoms with Gasteiger partial charge in [0.15, 0.2) is 0 Å². The molecule has 0 aliphatic heterocycles. The van der Waals surface area contributed by atoms with Gasteiger partial charge in [0.05, 0.1) is 16.8 Å². The van der Waals surface area contributed by atoms with Crippen LogP contribution in [0.15, 0.2) is 4.47 Å². The molecule has 1 heterocycles. The highest BCUT2D eigenvalue weighted by atomic mass is 79.9. The fourth-order valence-electron chi connectivity index (χ4n) is 1.67. The van der Waals surface area contributed by atoms with Gasteiger partial charge in [-0.1, -0.05) is 6.92 Å². The van der Waals surface area contributed by atoms with E-state index < -0.39 is 0 Å². The quantitative estimate of drug-likeness (QED) is 0.923. The molecule has 1 aliphatic rings. The minimum atomic E-state index is 0.179. The molecule has 0 saturated heterocycles. The van der Waals surface area contributed by atoms with Crippen LogP contribution in [0.25, 0.3) is 0 Å². The lowest BCUT2D eigenvalue weighted by Gasteiger charge is -2.12. The maximum atomic E-state index is 5.88. The Bertz CT molecular complexity index is 393. The van der Waals surface area contributed by atoms with Gasteiger partial charge in [0.2, 0.25) is 0 Å². The minimum Gasteiger partial charge on any atom is -0.384 e. The third kappa shape index (κ3) is 2.35. The number of nitrogens with two attached hydrogens (primary N) is 1. The van der Waals surface area contributed by atoms with Crippen LogP contribution in [0.1, 0.15) is 43.1 Å². The van der Waals surface area contributed by atoms with Gasteiger partial charge in [0.25, 0.3) is 0 Å². The van der Waals surface area contributed by atoms with E-state index >= 15 is 0 Å². The second kappa shape index (κ2) is 4.67. The molecule has 0 spiro atoms. The lowest BCUT2D eigenvalue weighted by molar-refractivity contribution is 0.181. The van der Waals surface area contributed by atoms with Gasteiger partial charge in [0, 0.05) is 18.9 Å². The summed E-state index contributed by atoms with van der Waals surface area (Å²) in [4.78, 5) is 8.90. The zero-order valence-corrected chi connectivity index (χ0v) is 11.1. The number of methoxy groups -OCH3 is 1. The maximum absolute atomic E-state index is 5.88. The van der Waals surface area contributed by atoms with Gasteiger partial charge >= 0.3 is 0 Å². The molecule has 0 aromatic carbocycles. The summed E-state index contributed by atoms with van der Waals surface area (Å²) in [5.74, 6) is 2.06. The van der Waals surface area contributed by atoms with Crippen LogP contribution in [0.5, 0.6) is 0 Å². The van der Waals surface area contributed by atoms with Crippen molar-refractivity contribution in [3.05, 3.63) is 16.0 Å². The first kappa shape index (κ1) is 11.8. The Morgan fingerprint density at radius 2 is 2.19 bits per heavy atom. The smallest absolute Gasteiger partial charge is 0.141 e. The number of ether oxygens (including phenoxy) is 1. The van der Waals surface area contributed by atoms with E-state index in [4.69, 9.17) is 10.5 Å². The molecule has 1 aliphatic carbocycles. The largest absolute Gasteiger partial charge is 0.384 e. The van der Waals surface area contributed by atoms with Crippen LogP contribution in [-0.2, 0) is 4.74 Å². The number of halogens is 1. The monoisotopic (exact) mass is 285 g/mol. The van der Waals surface area contributed by atoms with Gasteiger partial charge in [-0.25, -0.2) is 9.97 Å². The van der Waals surface area contributed by atoms with Crippen LogP contribution in [0, 0.1) is 0 Å². The van der Waals surface area contributed by atoms with Crippen molar-refractivity contribution in [1.82, 2.24) is 9.97 Å². The highest BCUT2D eigenvalue weighted by Crippen LogP contribution is 2.43. The standard InChI is InChI=1S/C11H16BrN3O/c1-6(5-16-2)11-14-9(7-3-4-7)8(12)10(13)15-11/h6-7H,3-5H2,1-2H3,(H2,13,14,15). The van der Waals surface area contributed by atoms with E-state index in [0.717, 1.165) is 16.0 Å². The van der Waals surface area contributed by atoms with Crippen molar-refractivity contribution in [1.29, 1.82) is 0 Å². The van der Waals surface area contributed by atoms with Crippen molar-refractivity contribution < 1.29 is 4.74 Å². The van der Waals surface area contributed by atoms with E-state index in [1.54, 1.807) is 7.11 Å². The van der Waals surface area contributed by atoms with E-state index in [1.165, 1.54) is 12.8 Å². The molecule has 1 saturated carbocycles. The molecule has 16 heavy (non-hydrogen) atoms. The van der Waals surface area contributed by atoms with Crippen LogP contribution in [0.2, 0.25) is 0 Å². The summed E-state index contributed by atoms with van der Waals surface area (Å²) in [6, 6.07) is 0. The number of nitrogens with zero attached hydrogens (tertiary/aromatic N) is 2. The maximum Gasteiger partial charge on any atom is 0.141 e. The van der Waals surface area contributed by atoms with E-state index in [1.807, 2.05) is 6.92 Å². The zero-order chi connectivity index (χ0) is 11.7. The van der Waals surface area contributed by atoms with Crippen LogP contribution in [0.4, 0.5) is 5.82 Å². The number of aromatic nitrogens is 2. The van der Waals surface area contributed by atoms with E-state index in [0.29, 0.717) is 18.3 Å². The topological polar surface area (TPSA) is 61.0 Å². The number of nitrogen functional groups attached to an aromatic ring is 1. The van der Waals surface area contributed by atoms with Crippen molar-refractivity contribution in [3.8, 4) is 0 Å². The molecule has 0 radical (unpaired) electrons. The van der Waals surface area contributed by atoms with Gasteiger partial charge in [-0.15, -0.1) is 0 Å². The van der Waals surface area contributed by atoms with Crippen molar-refractivity contribution in [3.63, 3.8) is 0 Å². The zero-order valence-electron chi connectivity index (χ0n) is 9.53. The van der Waals surface area contributed by atoms with Crippen LogP contribution in [0.3, 0.4) is 0 Å². The molecular formula is C11H16BrN3O. The van der Waals surface area contributed by atoms with Crippen LogP contribution in [-0.4, -0.2) is 23.7 Å².